The van der Waals surface area contributed by atoms with Crippen molar-refractivity contribution < 1.29 is 14.6 Å². The summed E-state index contributed by atoms with van der Waals surface area (Å²) < 4.78 is 7.24. The van der Waals surface area contributed by atoms with Gasteiger partial charge in [0.05, 0.1) is 25.0 Å². The number of aliphatic hydroxyl groups is 1. The van der Waals surface area contributed by atoms with Crippen LogP contribution in [0.15, 0.2) is 55.1 Å². The number of pyridine rings is 1. The lowest BCUT2D eigenvalue weighted by atomic mass is 10.1. The van der Waals surface area contributed by atoms with Crippen molar-refractivity contribution in [3.05, 3.63) is 60.7 Å². The van der Waals surface area contributed by atoms with Crippen molar-refractivity contribution in [1.29, 1.82) is 0 Å². The van der Waals surface area contributed by atoms with Crippen LogP contribution in [0.3, 0.4) is 0 Å². The van der Waals surface area contributed by atoms with Crippen LogP contribution in [0.5, 0.6) is 5.75 Å². The minimum atomic E-state index is -0.442. The first-order valence-corrected chi connectivity index (χ1v) is 10.3. The van der Waals surface area contributed by atoms with Crippen LogP contribution in [0.1, 0.15) is 10.4 Å². The molecule has 34 heavy (non-hydrogen) atoms. The first-order valence-electron chi connectivity index (χ1n) is 10.3. The number of carbonyl (C=O) groups is 1. The number of carbonyl (C=O) groups excluding carboxylic acids is 1. The molecule has 0 atom stereocenters. The topological polar surface area (TPSA) is 152 Å². The molecule has 0 saturated heterocycles. The Balaban J connectivity index is 1.72. The third-order valence-corrected chi connectivity index (χ3v) is 4.65. The van der Waals surface area contributed by atoms with Gasteiger partial charge in [-0.2, -0.15) is 10.1 Å². The zero-order valence-electron chi connectivity index (χ0n) is 18.6. The second-order valence-corrected chi connectivity index (χ2v) is 7.03. The van der Waals surface area contributed by atoms with Crippen molar-refractivity contribution in [2.24, 2.45) is 7.05 Å². The number of hydrogen-bond acceptors (Lipinski definition) is 10. The summed E-state index contributed by atoms with van der Waals surface area (Å²) in [6.07, 6.45) is 4.63. The number of amides is 1. The van der Waals surface area contributed by atoms with E-state index in [4.69, 9.17) is 9.84 Å². The highest BCUT2D eigenvalue weighted by molar-refractivity contribution is 5.99. The van der Waals surface area contributed by atoms with Gasteiger partial charge in [0.1, 0.15) is 23.5 Å². The van der Waals surface area contributed by atoms with Crippen LogP contribution in [0, 0.1) is 0 Å². The molecule has 3 heterocycles. The van der Waals surface area contributed by atoms with E-state index in [2.05, 4.69) is 41.0 Å². The monoisotopic (exact) mass is 461 g/mol. The summed E-state index contributed by atoms with van der Waals surface area (Å²) >= 11 is 0. The molecule has 0 aliphatic heterocycles. The number of ether oxygens (including phenoxy) is 1. The van der Waals surface area contributed by atoms with Crippen LogP contribution in [-0.2, 0) is 7.05 Å². The molecular weight excluding hydrogens is 438 g/mol. The predicted molar refractivity (Wildman–Crippen MR) is 125 cm³/mol. The number of benzene rings is 1. The first-order chi connectivity index (χ1) is 16.6. The van der Waals surface area contributed by atoms with Crippen LogP contribution in [-0.4, -0.2) is 61.0 Å². The Morgan fingerprint density at radius 2 is 2.00 bits per heavy atom. The molecule has 0 saturated carbocycles. The van der Waals surface area contributed by atoms with E-state index in [9.17, 15) is 4.79 Å². The first kappa shape index (κ1) is 22.6. The molecule has 1 amide bonds. The lowest BCUT2D eigenvalue weighted by molar-refractivity contribution is 0.0945. The molecule has 4 rings (SSSR count). The Bertz CT molecular complexity index is 1280. The second kappa shape index (κ2) is 10.4. The van der Waals surface area contributed by atoms with E-state index in [1.165, 1.54) is 13.3 Å². The summed E-state index contributed by atoms with van der Waals surface area (Å²) in [5.74, 6) is 1.54. The Hall–Kier alpha value is -4.58. The molecule has 174 valence electrons. The molecule has 0 aliphatic carbocycles. The molecule has 0 bridgehead atoms. The van der Waals surface area contributed by atoms with Crippen molar-refractivity contribution in [2.45, 2.75) is 0 Å². The second-order valence-electron chi connectivity index (χ2n) is 7.03. The number of aromatic nitrogens is 6. The van der Waals surface area contributed by atoms with E-state index >= 15 is 0 Å². The maximum atomic E-state index is 12.7. The molecule has 12 nitrogen and oxygen atoms in total. The van der Waals surface area contributed by atoms with E-state index in [0.29, 0.717) is 28.6 Å². The average Bonchev–Trinajstić information content (AvgIpc) is 3.29. The largest absolute Gasteiger partial charge is 0.494 e. The van der Waals surface area contributed by atoms with Crippen molar-refractivity contribution in [2.75, 3.05) is 30.9 Å². The number of aryl methyl sites for hydroxylation is 1. The van der Waals surface area contributed by atoms with Crippen LogP contribution in [0.4, 0.5) is 23.3 Å². The molecule has 3 aromatic heterocycles. The molecule has 12 heteroatoms. The van der Waals surface area contributed by atoms with E-state index in [1.54, 1.807) is 42.5 Å². The SMILES string of the molecule is COc1c(Nc2nc(Nc3ccccn3)ncc2C(=O)NCCO)cccc1-c1ncn(C)n1. The van der Waals surface area contributed by atoms with E-state index < -0.39 is 5.91 Å². The number of nitrogens with zero attached hydrogens (tertiary/aromatic N) is 6. The summed E-state index contributed by atoms with van der Waals surface area (Å²) in [5, 5.41) is 22.2. The number of anilines is 4. The lowest BCUT2D eigenvalue weighted by Gasteiger charge is -2.16. The van der Waals surface area contributed by atoms with Gasteiger partial charge in [-0.1, -0.05) is 12.1 Å². The molecule has 1 aromatic carbocycles. The fraction of sp³-hybridized carbons (Fsp3) is 0.182. The van der Waals surface area contributed by atoms with Crippen LogP contribution in [0.25, 0.3) is 11.4 Å². The van der Waals surface area contributed by atoms with E-state index in [-0.39, 0.29) is 30.5 Å². The normalized spacial score (nSPS) is 10.6. The van der Waals surface area contributed by atoms with Crippen molar-refractivity contribution in [1.82, 2.24) is 35.0 Å². The van der Waals surface area contributed by atoms with Crippen LogP contribution in [0.2, 0.25) is 0 Å². The lowest BCUT2D eigenvalue weighted by Crippen LogP contribution is -2.27. The predicted octanol–water partition coefficient (Wildman–Crippen LogP) is 1.88. The van der Waals surface area contributed by atoms with E-state index in [0.717, 1.165) is 0 Å². The highest BCUT2D eigenvalue weighted by Crippen LogP contribution is 2.36. The molecule has 0 unspecified atom stereocenters. The van der Waals surface area contributed by atoms with Gasteiger partial charge in [-0.15, -0.1) is 0 Å². The smallest absolute Gasteiger partial charge is 0.256 e. The molecule has 0 aliphatic rings. The quantitative estimate of drug-likeness (QED) is 0.291. The fourth-order valence-corrected chi connectivity index (χ4v) is 3.14. The number of methoxy groups -OCH3 is 1. The summed E-state index contributed by atoms with van der Waals surface area (Å²) in [6.45, 7) is -0.0992. The van der Waals surface area contributed by atoms with Crippen LogP contribution < -0.4 is 20.7 Å². The zero-order chi connectivity index (χ0) is 23.9. The Morgan fingerprint density at radius 3 is 2.71 bits per heavy atom. The minimum absolute atomic E-state index is 0.0936. The molecule has 4 aromatic rings. The number of para-hydroxylation sites is 1. The molecule has 4 N–H and O–H groups in total. The van der Waals surface area contributed by atoms with Gasteiger partial charge >= 0.3 is 0 Å². The Labute approximate surface area is 195 Å². The number of nitrogens with one attached hydrogen (secondary N) is 3. The Morgan fingerprint density at radius 1 is 1.12 bits per heavy atom. The number of rotatable bonds is 9. The number of hydrogen-bond donors (Lipinski definition) is 4. The highest BCUT2D eigenvalue weighted by Gasteiger charge is 2.19. The van der Waals surface area contributed by atoms with Crippen molar-refractivity contribution in [3.8, 4) is 17.1 Å². The highest BCUT2D eigenvalue weighted by atomic mass is 16.5. The van der Waals surface area contributed by atoms with Gasteiger partial charge in [-0.3, -0.25) is 9.48 Å². The summed E-state index contributed by atoms with van der Waals surface area (Å²) in [4.78, 5) is 29.9. The van der Waals surface area contributed by atoms with Gasteiger partial charge in [0, 0.05) is 26.0 Å². The summed E-state index contributed by atoms with van der Waals surface area (Å²) in [6, 6.07) is 10.8. The minimum Gasteiger partial charge on any atom is -0.494 e. The third-order valence-electron chi connectivity index (χ3n) is 4.65. The standard InChI is InChI=1S/C22H23N9O3/c1-31-13-26-19(30-31)14-6-5-7-16(18(14)34-2)27-20-15(21(33)24-10-11-32)12-25-22(29-20)28-17-8-3-4-9-23-17/h3-9,12-13,32H,10-11H2,1-2H3,(H,24,33)(H2,23,25,27,28,29). The van der Waals surface area contributed by atoms with Gasteiger partial charge in [-0.25, -0.2) is 15.0 Å². The zero-order valence-corrected chi connectivity index (χ0v) is 18.6. The van der Waals surface area contributed by atoms with Crippen LogP contribution >= 0.6 is 0 Å². The van der Waals surface area contributed by atoms with Gasteiger partial charge in [0.15, 0.2) is 11.6 Å². The maximum Gasteiger partial charge on any atom is 0.256 e. The van der Waals surface area contributed by atoms with E-state index in [1.807, 2.05) is 18.2 Å². The molecule has 0 fully saturated rings. The fourth-order valence-electron chi connectivity index (χ4n) is 3.14. The Kier molecular flexibility index (Phi) is 6.89. The molecular formula is C22H23N9O3. The van der Waals surface area contributed by atoms with Crippen molar-refractivity contribution >= 4 is 29.2 Å². The summed E-state index contributed by atoms with van der Waals surface area (Å²) in [7, 11) is 3.31. The van der Waals surface area contributed by atoms with Gasteiger partial charge in [0.25, 0.3) is 5.91 Å². The molecule has 0 spiro atoms. The molecule has 0 radical (unpaired) electrons. The van der Waals surface area contributed by atoms with Gasteiger partial charge < -0.3 is 25.8 Å². The van der Waals surface area contributed by atoms with Gasteiger partial charge in [-0.05, 0) is 24.3 Å². The average molecular weight is 461 g/mol. The van der Waals surface area contributed by atoms with Gasteiger partial charge in [0.2, 0.25) is 5.95 Å². The number of aliphatic hydroxyl groups excluding tert-OH is 1. The van der Waals surface area contributed by atoms with Crippen molar-refractivity contribution in [3.63, 3.8) is 0 Å². The summed E-state index contributed by atoms with van der Waals surface area (Å²) in [5.41, 5.74) is 1.40. The third kappa shape index (κ3) is 5.07. The maximum absolute atomic E-state index is 12.7.